The fourth-order valence-corrected chi connectivity index (χ4v) is 6.53. The maximum Gasteiger partial charge on any atom is 0.137 e. The number of ether oxygens (including phenoxy) is 1. The molecule has 2 aliphatic heterocycles. The second-order valence-corrected chi connectivity index (χ2v) is 9.89. The van der Waals surface area contributed by atoms with E-state index >= 15 is 0 Å². The molecular formula is C23H17N2O2PS. The average molecular weight is 416 g/mol. The van der Waals surface area contributed by atoms with Gasteiger partial charge in [-0.25, -0.2) is 0 Å². The molecule has 0 aliphatic carbocycles. The smallest absolute Gasteiger partial charge is 0.137 e. The number of para-hydroxylation sites is 1. The summed E-state index contributed by atoms with van der Waals surface area (Å²) < 4.78 is 11.8. The highest BCUT2D eigenvalue weighted by Crippen LogP contribution is 2.63. The first-order chi connectivity index (χ1) is 14.3. The van der Waals surface area contributed by atoms with Crippen LogP contribution in [-0.4, -0.2) is 6.61 Å². The summed E-state index contributed by atoms with van der Waals surface area (Å²) in [5, 5.41) is 14.0. The molecule has 142 valence electrons. The molecule has 1 atom stereocenters. The molecule has 0 amide bonds. The Kier molecular flexibility index (Phi) is 4.89. The van der Waals surface area contributed by atoms with Gasteiger partial charge in [-0.05, 0) is 53.6 Å². The molecule has 0 spiro atoms. The van der Waals surface area contributed by atoms with Crippen LogP contribution in [0.3, 0.4) is 0 Å². The van der Waals surface area contributed by atoms with Crippen LogP contribution in [0.15, 0.2) is 66.7 Å². The van der Waals surface area contributed by atoms with Crippen LogP contribution >= 0.6 is 18.9 Å². The van der Waals surface area contributed by atoms with Crippen molar-refractivity contribution < 1.29 is 8.92 Å². The predicted molar refractivity (Wildman–Crippen MR) is 120 cm³/mol. The van der Waals surface area contributed by atoms with E-state index in [9.17, 15) is 0 Å². The summed E-state index contributed by atoms with van der Waals surface area (Å²) in [6, 6.07) is 24.0. The van der Waals surface area contributed by atoms with Crippen molar-refractivity contribution in [3.05, 3.63) is 89.0 Å². The number of fused-ring (bicyclic) bond motifs is 2. The van der Waals surface area contributed by atoms with Crippen molar-refractivity contribution >= 4 is 36.0 Å². The van der Waals surface area contributed by atoms with Gasteiger partial charge in [-0.1, -0.05) is 30.3 Å². The van der Waals surface area contributed by atoms with Gasteiger partial charge in [0.15, 0.2) is 0 Å². The van der Waals surface area contributed by atoms with E-state index < -0.39 is 7.27 Å². The molecule has 4 nitrogen and oxygen atoms in total. The largest absolute Gasteiger partial charge is 0.493 e. The zero-order valence-corrected chi connectivity index (χ0v) is 17.2. The van der Waals surface area contributed by atoms with E-state index in [4.69, 9.17) is 14.2 Å². The standard InChI is InChI=1S/C23H17N2O2PS/c24-15-16-6-8-17(9-7-16)23-14-19-13-22-18(10-11-26-22)12-21(19)25-28(23)29-27-20-4-2-1-3-5-20/h1-9,12-14,25H,10-11H2. The number of nitrogens with zero attached hydrogens (tertiary/aromatic N) is 1. The number of hydrogen-bond donors (Lipinski definition) is 1. The number of anilines is 1. The molecular weight excluding hydrogens is 399 g/mol. The lowest BCUT2D eigenvalue weighted by Gasteiger charge is -2.27. The van der Waals surface area contributed by atoms with Gasteiger partial charge in [0.25, 0.3) is 0 Å². The number of nitriles is 1. The van der Waals surface area contributed by atoms with Crippen LogP contribution in [0.4, 0.5) is 5.69 Å². The van der Waals surface area contributed by atoms with Crippen LogP contribution in [0.1, 0.15) is 22.3 Å². The lowest BCUT2D eigenvalue weighted by molar-refractivity contribution is 0.357. The van der Waals surface area contributed by atoms with Gasteiger partial charge in [0.2, 0.25) is 0 Å². The molecule has 0 saturated carbocycles. The summed E-state index contributed by atoms with van der Waals surface area (Å²) in [5.41, 5.74) is 5.21. The topological polar surface area (TPSA) is 54.3 Å². The summed E-state index contributed by atoms with van der Waals surface area (Å²) >= 11 is 1.45. The Balaban J connectivity index is 1.51. The van der Waals surface area contributed by atoms with Crippen LogP contribution in [-0.2, 0) is 6.42 Å². The van der Waals surface area contributed by atoms with E-state index in [1.807, 2.05) is 54.6 Å². The summed E-state index contributed by atoms with van der Waals surface area (Å²) in [6.07, 6.45) is 3.16. The molecule has 1 N–H and O–H groups in total. The van der Waals surface area contributed by atoms with E-state index in [0.29, 0.717) is 5.56 Å². The zero-order chi connectivity index (χ0) is 19.6. The van der Waals surface area contributed by atoms with Gasteiger partial charge in [0.05, 0.1) is 18.2 Å². The molecule has 2 heterocycles. The minimum absolute atomic E-state index is 0.655. The van der Waals surface area contributed by atoms with Crippen LogP contribution < -0.4 is 14.0 Å². The molecule has 0 fully saturated rings. The molecule has 3 aromatic carbocycles. The Hall–Kier alpha value is -2.93. The summed E-state index contributed by atoms with van der Waals surface area (Å²) in [5.74, 6) is 1.80. The third kappa shape index (κ3) is 3.70. The SMILES string of the molecule is N#Cc1ccc(C2=Cc3cc4c(cc3NP2SOc2ccccc2)CCO4)cc1. The van der Waals surface area contributed by atoms with Gasteiger partial charge in [0.1, 0.15) is 30.4 Å². The van der Waals surface area contributed by atoms with E-state index in [0.717, 1.165) is 46.7 Å². The fraction of sp³-hybridized carbons (Fsp3) is 0.0870. The first-order valence-corrected chi connectivity index (χ1v) is 12.0. The lowest BCUT2D eigenvalue weighted by Crippen LogP contribution is -2.02. The van der Waals surface area contributed by atoms with E-state index in [2.05, 4.69) is 29.4 Å². The lowest BCUT2D eigenvalue weighted by atomic mass is 10.0. The van der Waals surface area contributed by atoms with Crippen LogP contribution in [0.25, 0.3) is 11.4 Å². The van der Waals surface area contributed by atoms with Crippen molar-refractivity contribution in [2.24, 2.45) is 0 Å². The molecule has 3 aromatic rings. The minimum Gasteiger partial charge on any atom is -0.493 e. The van der Waals surface area contributed by atoms with E-state index in [1.54, 1.807) is 0 Å². The fourth-order valence-electron chi connectivity index (χ4n) is 3.36. The van der Waals surface area contributed by atoms with Crippen molar-refractivity contribution in [2.75, 3.05) is 11.7 Å². The Morgan fingerprint density at radius 2 is 1.90 bits per heavy atom. The minimum atomic E-state index is -0.860. The third-order valence-electron chi connectivity index (χ3n) is 4.86. The van der Waals surface area contributed by atoms with Crippen molar-refractivity contribution in [3.8, 4) is 17.6 Å². The predicted octanol–water partition coefficient (Wildman–Crippen LogP) is 6.46. The Labute approximate surface area is 174 Å². The molecule has 0 radical (unpaired) electrons. The Morgan fingerprint density at radius 1 is 1.07 bits per heavy atom. The highest BCUT2D eigenvalue weighted by atomic mass is 32.7. The van der Waals surface area contributed by atoms with Crippen LogP contribution in [0.5, 0.6) is 11.5 Å². The van der Waals surface area contributed by atoms with Crippen LogP contribution in [0, 0.1) is 11.3 Å². The average Bonchev–Trinajstić information content (AvgIpc) is 3.23. The number of nitrogens with one attached hydrogen (secondary N) is 1. The monoisotopic (exact) mass is 416 g/mol. The van der Waals surface area contributed by atoms with Gasteiger partial charge in [0, 0.05) is 23.0 Å². The zero-order valence-electron chi connectivity index (χ0n) is 15.5. The molecule has 0 aromatic heterocycles. The molecule has 29 heavy (non-hydrogen) atoms. The maximum atomic E-state index is 9.11. The second kappa shape index (κ2) is 7.83. The molecule has 1 unspecified atom stereocenters. The van der Waals surface area contributed by atoms with Gasteiger partial charge < -0.3 is 14.0 Å². The van der Waals surface area contributed by atoms with Gasteiger partial charge in [-0.15, -0.1) is 0 Å². The first-order valence-electron chi connectivity index (χ1n) is 9.28. The van der Waals surface area contributed by atoms with E-state index in [-0.39, 0.29) is 0 Å². The third-order valence-corrected chi connectivity index (χ3v) is 8.08. The van der Waals surface area contributed by atoms with Gasteiger partial charge >= 0.3 is 0 Å². The Morgan fingerprint density at radius 3 is 2.69 bits per heavy atom. The highest BCUT2D eigenvalue weighted by Gasteiger charge is 2.27. The number of hydrogen-bond acceptors (Lipinski definition) is 5. The van der Waals surface area contributed by atoms with Crippen molar-refractivity contribution in [2.45, 2.75) is 6.42 Å². The Bertz CT molecular complexity index is 1120. The summed E-state index contributed by atoms with van der Waals surface area (Å²) in [6.45, 7) is 0.741. The second-order valence-electron chi connectivity index (χ2n) is 6.74. The summed E-state index contributed by atoms with van der Waals surface area (Å²) in [7, 11) is -0.860. The van der Waals surface area contributed by atoms with Crippen molar-refractivity contribution in [3.63, 3.8) is 0 Å². The quantitative estimate of drug-likeness (QED) is 0.391. The van der Waals surface area contributed by atoms with Gasteiger partial charge in [-0.3, -0.25) is 0 Å². The van der Waals surface area contributed by atoms with Gasteiger partial charge in [-0.2, -0.15) is 5.26 Å². The van der Waals surface area contributed by atoms with Crippen molar-refractivity contribution in [1.29, 1.82) is 5.26 Å². The number of benzene rings is 3. The molecule has 2 aliphatic rings. The highest BCUT2D eigenvalue weighted by molar-refractivity contribution is 8.56. The normalized spacial score (nSPS) is 16.5. The summed E-state index contributed by atoms with van der Waals surface area (Å²) in [4.78, 5) is 0. The number of rotatable bonds is 4. The first kappa shape index (κ1) is 18.1. The molecule has 5 rings (SSSR count). The maximum absolute atomic E-state index is 9.11. The molecule has 0 saturated heterocycles. The van der Waals surface area contributed by atoms with Crippen molar-refractivity contribution in [1.82, 2.24) is 0 Å². The van der Waals surface area contributed by atoms with E-state index in [1.165, 1.54) is 17.2 Å². The molecule has 6 heteroatoms. The molecule has 0 bridgehead atoms. The van der Waals surface area contributed by atoms with Crippen LogP contribution in [0.2, 0.25) is 0 Å².